The monoisotopic (exact) mass is 279 g/mol. The molecule has 1 N–H and O–H groups in total. The van der Waals surface area contributed by atoms with Gasteiger partial charge in [-0.2, -0.15) is 0 Å². The van der Waals surface area contributed by atoms with Gasteiger partial charge in [0.15, 0.2) is 0 Å². The van der Waals surface area contributed by atoms with Crippen LogP contribution < -0.4 is 5.32 Å². The molecule has 20 heavy (non-hydrogen) atoms. The van der Waals surface area contributed by atoms with Crippen LogP contribution in [0.2, 0.25) is 0 Å². The first-order valence-corrected chi connectivity index (χ1v) is 6.83. The number of hydrogen-bond acceptors (Lipinski definition) is 4. The first-order valence-electron chi connectivity index (χ1n) is 6.83. The summed E-state index contributed by atoms with van der Waals surface area (Å²) in [5.74, 6) is -0.279. The van der Waals surface area contributed by atoms with E-state index in [9.17, 15) is 4.79 Å². The topological polar surface area (TPSA) is 47.6 Å². The molecule has 0 heterocycles. The molecule has 2 atom stereocenters. The molecular weight excluding hydrogens is 254 g/mol. The maximum Gasteiger partial charge on any atom is 0.327 e. The van der Waals surface area contributed by atoms with E-state index in [0.717, 1.165) is 12.0 Å². The van der Waals surface area contributed by atoms with Gasteiger partial charge < -0.3 is 9.47 Å². The average molecular weight is 279 g/mol. The first-order chi connectivity index (χ1) is 9.39. The lowest BCUT2D eigenvalue weighted by atomic mass is 9.98. The fourth-order valence-electron chi connectivity index (χ4n) is 2.23. The van der Waals surface area contributed by atoms with Gasteiger partial charge in [-0.15, -0.1) is 0 Å². The summed E-state index contributed by atoms with van der Waals surface area (Å²) in [5, 5.41) is 3.32. The normalized spacial score (nSPS) is 14.7. The third-order valence-corrected chi connectivity index (χ3v) is 3.37. The highest BCUT2D eigenvalue weighted by atomic mass is 16.5. The second kappa shape index (κ2) is 7.41. The van der Waals surface area contributed by atoms with Crippen LogP contribution in [-0.4, -0.2) is 31.8 Å². The Labute approximate surface area is 121 Å². The molecule has 4 nitrogen and oxygen atoms in total. The van der Waals surface area contributed by atoms with Crippen molar-refractivity contribution in [2.75, 3.05) is 14.2 Å². The Morgan fingerprint density at radius 1 is 1.25 bits per heavy atom. The molecule has 1 aromatic carbocycles. The third kappa shape index (κ3) is 4.94. The molecule has 0 fully saturated rings. The van der Waals surface area contributed by atoms with Gasteiger partial charge >= 0.3 is 5.97 Å². The second-order valence-corrected chi connectivity index (χ2v) is 5.60. The zero-order valence-corrected chi connectivity index (χ0v) is 13.0. The molecule has 0 radical (unpaired) electrons. The van der Waals surface area contributed by atoms with Gasteiger partial charge in [0.2, 0.25) is 0 Å². The number of ether oxygens (including phenoxy) is 2. The average Bonchev–Trinajstić information content (AvgIpc) is 2.44. The van der Waals surface area contributed by atoms with Crippen molar-refractivity contribution in [3.05, 3.63) is 35.9 Å². The van der Waals surface area contributed by atoms with E-state index in [1.807, 2.05) is 51.1 Å². The highest BCUT2D eigenvalue weighted by molar-refractivity contribution is 5.77. The zero-order valence-electron chi connectivity index (χ0n) is 13.0. The molecule has 0 aliphatic heterocycles. The van der Waals surface area contributed by atoms with E-state index in [4.69, 9.17) is 9.47 Å². The summed E-state index contributed by atoms with van der Waals surface area (Å²) >= 11 is 0. The summed E-state index contributed by atoms with van der Waals surface area (Å²) < 4.78 is 10.3. The molecule has 0 aliphatic carbocycles. The molecule has 0 saturated heterocycles. The van der Waals surface area contributed by atoms with Crippen molar-refractivity contribution in [2.45, 2.75) is 44.9 Å². The fourth-order valence-corrected chi connectivity index (χ4v) is 2.23. The lowest BCUT2D eigenvalue weighted by molar-refractivity contribution is -0.143. The van der Waals surface area contributed by atoms with Crippen LogP contribution in [0.4, 0.5) is 0 Å². The van der Waals surface area contributed by atoms with Crippen molar-refractivity contribution in [3.63, 3.8) is 0 Å². The first kappa shape index (κ1) is 16.7. The summed E-state index contributed by atoms with van der Waals surface area (Å²) in [6.07, 6.45) is 0.795. The van der Waals surface area contributed by atoms with Crippen LogP contribution >= 0.6 is 0 Å². The Hall–Kier alpha value is -1.39. The van der Waals surface area contributed by atoms with Gasteiger partial charge in [-0.1, -0.05) is 30.3 Å². The Morgan fingerprint density at radius 2 is 1.85 bits per heavy atom. The minimum atomic E-state index is -0.455. The van der Waals surface area contributed by atoms with Crippen LogP contribution in [0.25, 0.3) is 0 Å². The quantitative estimate of drug-likeness (QED) is 0.780. The van der Waals surface area contributed by atoms with Crippen LogP contribution in [0.15, 0.2) is 30.3 Å². The minimum Gasteiger partial charge on any atom is -0.468 e. The number of methoxy groups -OCH3 is 2. The molecule has 4 heteroatoms. The van der Waals surface area contributed by atoms with Crippen LogP contribution in [0.1, 0.15) is 38.8 Å². The molecular formula is C16H25NO3. The number of carbonyl (C=O) groups is 1. The Kier molecular flexibility index (Phi) is 6.17. The van der Waals surface area contributed by atoms with Crippen molar-refractivity contribution in [1.29, 1.82) is 0 Å². The summed E-state index contributed by atoms with van der Waals surface area (Å²) in [7, 11) is 3.10. The fraction of sp³-hybridized carbons (Fsp3) is 0.562. The molecule has 2 unspecified atom stereocenters. The minimum absolute atomic E-state index is 0.120. The third-order valence-electron chi connectivity index (χ3n) is 3.37. The molecule has 0 saturated carbocycles. The van der Waals surface area contributed by atoms with Gasteiger partial charge in [0.05, 0.1) is 12.7 Å². The molecule has 0 aromatic heterocycles. The van der Waals surface area contributed by atoms with Gasteiger partial charge in [-0.3, -0.25) is 5.32 Å². The highest BCUT2D eigenvalue weighted by Gasteiger charge is 2.26. The van der Waals surface area contributed by atoms with Gasteiger partial charge in [-0.25, -0.2) is 4.79 Å². The number of benzene rings is 1. The van der Waals surface area contributed by atoms with Gasteiger partial charge in [0, 0.05) is 13.2 Å². The number of nitrogens with one attached hydrogen (secondary N) is 1. The number of hydrogen-bond donors (Lipinski definition) is 1. The maximum atomic E-state index is 12.0. The van der Waals surface area contributed by atoms with Gasteiger partial charge in [0.1, 0.15) is 6.04 Å². The van der Waals surface area contributed by atoms with Crippen molar-refractivity contribution >= 4 is 5.97 Å². The van der Waals surface area contributed by atoms with E-state index in [1.165, 1.54) is 7.11 Å². The van der Waals surface area contributed by atoms with Gasteiger partial charge in [-0.05, 0) is 32.8 Å². The predicted octanol–water partition coefficient (Wildman–Crippen LogP) is 2.69. The number of esters is 1. The standard InChI is InChI=1S/C16H25NO3/c1-12(11-16(2,3)20-5)17-14(15(18)19-4)13-9-7-6-8-10-13/h6-10,12,14,17H,11H2,1-5H3. The van der Waals surface area contributed by atoms with Crippen molar-refractivity contribution in [3.8, 4) is 0 Å². The summed E-state index contributed by atoms with van der Waals surface area (Å²) in [5.41, 5.74) is 0.672. The van der Waals surface area contributed by atoms with Crippen LogP contribution in [0.3, 0.4) is 0 Å². The lowest BCUT2D eigenvalue weighted by Crippen LogP contribution is -2.40. The molecule has 0 bridgehead atoms. The summed E-state index contributed by atoms with van der Waals surface area (Å²) in [4.78, 5) is 12.0. The highest BCUT2D eigenvalue weighted by Crippen LogP contribution is 2.20. The zero-order chi connectivity index (χ0) is 15.2. The largest absolute Gasteiger partial charge is 0.468 e. The molecule has 0 aliphatic rings. The van der Waals surface area contributed by atoms with Crippen molar-refractivity contribution in [2.24, 2.45) is 0 Å². The Morgan fingerprint density at radius 3 is 2.35 bits per heavy atom. The smallest absolute Gasteiger partial charge is 0.327 e. The van der Waals surface area contributed by atoms with E-state index >= 15 is 0 Å². The predicted molar refractivity (Wildman–Crippen MR) is 79.5 cm³/mol. The van der Waals surface area contributed by atoms with Crippen LogP contribution in [0, 0.1) is 0 Å². The molecule has 112 valence electrons. The molecule has 1 aromatic rings. The Bertz CT molecular complexity index is 417. The molecule has 0 amide bonds. The molecule has 1 rings (SSSR count). The van der Waals surface area contributed by atoms with Crippen molar-refractivity contribution < 1.29 is 14.3 Å². The maximum absolute atomic E-state index is 12.0. The van der Waals surface area contributed by atoms with E-state index in [1.54, 1.807) is 7.11 Å². The van der Waals surface area contributed by atoms with E-state index in [-0.39, 0.29) is 17.6 Å². The van der Waals surface area contributed by atoms with Crippen LogP contribution in [-0.2, 0) is 14.3 Å². The number of carbonyl (C=O) groups excluding carboxylic acids is 1. The van der Waals surface area contributed by atoms with Crippen LogP contribution in [0.5, 0.6) is 0 Å². The van der Waals surface area contributed by atoms with E-state index < -0.39 is 6.04 Å². The van der Waals surface area contributed by atoms with Gasteiger partial charge in [0.25, 0.3) is 0 Å². The Balaban J connectivity index is 2.79. The second-order valence-electron chi connectivity index (χ2n) is 5.60. The number of rotatable bonds is 7. The SMILES string of the molecule is COC(=O)C(NC(C)CC(C)(C)OC)c1ccccc1. The van der Waals surface area contributed by atoms with Crippen molar-refractivity contribution in [1.82, 2.24) is 5.32 Å². The molecule has 0 spiro atoms. The summed E-state index contributed by atoms with van der Waals surface area (Å²) in [6.45, 7) is 6.10. The summed E-state index contributed by atoms with van der Waals surface area (Å²) in [6, 6.07) is 9.26. The van der Waals surface area contributed by atoms with E-state index in [2.05, 4.69) is 5.32 Å². The van der Waals surface area contributed by atoms with E-state index in [0.29, 0.717) is 0 Å². The lowest BCUT2D eigenvalue weighted by Gasteiger charge is -2.29.